The maximum atomic E-state index is 3.84. The standard InChI is InChI=1S/C14H28N2/c1-4-6-11(2)15-12-9-13-7-5-8-14(10-12)16(13)3/h11-15H,4-10H2,1-3H3. The monoisotopic (exact) mass is 224 g/mol. The summed E-state index contributed by atoms with van der Waals surface area (Å²) in [5.74, 6) is 0. The molecule has 2 aliphatic heterocycles. The predicted octanol–water partition coefficient (Wildman–Crippen LogP) is 2.78. The SMILES string of the molecule is CCCC(C)NC1CC2CCCC(C1)N2C. The Balaban J connectivity index is 1.84. The van der Waals surface area contributed by atoms with E-state index in [0.29, 0.717) is 6.04 Å². The molecule has 3 unspecified atom stereocenters. The Hall–Kier alpha value is -0.0800. The number of hydrogen-bond donors (Lipinski definition) is 1. The Labute approximate surface area is 101 Å². The molecule has 2 aliphatic rings. The third-order valence-corrected chi connectivity index (χ3v) is 4.58. The largest absolute Gasteiger partial charge is 0.311 e. The second-order valence-corrected chi connectivity index (χ2v) is 5.93. The molecule has 0 aliphatic carbocycles. The van der Waals surface area contributed by atoms with Gasteiger partial charge in [0.25, 0.3) is 0 Å². The highest BCUT2D eigenvalue weighted by atomic mass is 15.2. The van der Waals surface area contributed by atoms with Crippen LogP contribution in [0.4, 0.5) is 0 Å². The highest BCUT2D eigenvalue weighted by Gasteiger charge is 2.35. The van der Waals surface area contributed by atoms with E-state index in [9.17, 15) is 0 Å². The average Bonchev–Trinajstić information content (AvgIpc) is 2.20. The van der Waals surface area contributed by atoms with Crippen molar-refractivity contribution < 1.29 is 0 Å². The van der Waals surface area contributed by atoms with Gasteiger partial charge >= 0.3 is 0 Å². The summed E-state index contributed by atoms with van der Waals surface area (Å²) in [5, 5.41) is 3.84. The number of rotatable bonds is 4. The summed E-state index contributed by atoms with van der Waals surface area (Å²) in [6.45, 7) is 4.62. The van der Waals surface area contributed by atoms with Crippen molar-refractivity contribution in [1.29, 1.82) is 0 Å². The van der Waals surface area contributed by atoms with Gasteiger partial charge in [-0.2, -0.15) is 0 Å². The highest BCUT2D eigenvalue weighted by Crippen LogP contribution is 2.32. The quantitative estimate of drug-likeness (QED) is 0.790. The van der Waals surface area contributed by atoms with Crippen molar-refractivity contribution >= 4 is 0 Å². The normalized spacial score (nSPS) is 37.3. The lowest BCUT2D eigenvalue weighted by molar-refractivity contribution is 0.0460. The van der Waals surface area contributed by atoms with Gasteiger partial charge in [0.2, 0.25) is 0 Å². The molecular formula is C14H28N2. The first-order valence-electron chi connectivity index (χ1n) is 7.18. The van der Waals surface area contributed by atoms with E-state index in [-0.39, 0.29) is 0 Å². The van der Waals surface area contributed by atoms with Crippen molar-refractivity contribution in [2.24, 2.45) is 0 Å². The van der Waals surface area contributed by atoms with Gasteiger partial charge in [-0.15, -0.1) is 0 Å². The van der Waals surface area contributed by atoms with E-state index in [1.54, 1.807) is 0 Å². The van der Waals surface area contributed by atoms with Crippen LogP contribution in [-0.2, 0) is 0 Å². The molecule has 2 heteroatoms. The van der Waals surface area contributed by atoms with Gasteiger partial charge in [-0.3, -0.25) is 0 Å². The minimum atomic E-state index is 0.708. The summed E-state index contributed by atoms with van der Waals surface area (Å²) in [6.07, 6.45) is 9.68. The van der Waals surface area contributed by atoms with Crippen LogP contribution in [0.3, 0.4) is 0 Å². The van der Waals surface area contributed by atoms with Crippen molar-refractivity contribution in [3.05, 3.63) is 0 Å². The van der Waals surface area contributed by atoms with Gasteiger partial charge < -0.3 is 10.2 Å². The first-order chi connectivity index (χ1) is 7.70. The van der Waals surface area contributed by atoms with Crippen LogP contribution in [0.25, 0.3) is 0 Å². The number of hydrogen-bond acceptors (Lipinski definition) is 2. The predicted molar refractivity (Wildman–Crippen MR) is 69.7 cm³/mol. The molecule has 2 nitrogen and oxygen atoms in total. The van der Waals surface area contributed by atoms with E-state index in [1.807, 2.05) is 0 Å². The number of nitrogens with one attached hydrogen (secondary N) is 1. The maximum Gasteiger partial charge on any atom is 0.0110 e. The molecule has 2 heterocycles. The van der Waals surface area contributed by atoms with Gasteiger partial charge in [-0.05, 0) is 46.1 Å². The molecule has 0 amide bonds. The van der Waals surface area contributed by atoms with Crippen molar-refractivity contribution in [3.8, 4) is 0 Å². The second kappa shape index (κ2) is 5.50. The Kier molecular flexibility index (Phi) is 4.26. The second-order valence-electron chi connectivity index (χ2n) is 5.93. The molecule has 0 saturated carbocycles. The fourth-order valence-electron chi connectivity index (χ4n) is 3.67. The van der Waals surface area contributed by atoms with Crippen LogP contribution >= 0.6 is 0 Å². The first-order valence-corrected chi connectivity index (χ1v) is 7.18. The highest BCUT2D eigenvalue weighted by molar-refractivity contribution is 4.94. The van der Waals surface area contributed by atoms with E-state index in [2.05, 4.69) is 31.1 Å². The number of nitrogens with zero attached hydrogens (tertiary/aromatic N) is 1. The molecule has 0 spiro atoms. The molecule has 3 atom stereocenters. The molecule has 2 saturated heterocycles. The summed E-state index contributed by atoms with van der Waals surface area (Å²) < 4.78 is 0. The van der Waals surface area contributed by atoms with Gasteiger partial charge in [-0.1, -0.05) is 19.8 Å². The van der Waals surface area contributed by atoms with E-state index in [4.69, 9.17) is 0 Å². The molecule has 2 rings (SSSR count). The summed E-state index contributed by atoms with van der Waals surface area (Å²) in [4.78, 5) is 2.65. The van der Waals surface area contributed by atoms with Crippen molar-refractivity contribution in [1.82, 2.24) is 10.2 Å². The molecule has 94 valence electrons. The lowest BCUT2D eigenvalue weighted by Crippen LogP contribution is -2.55. The summed E-state index contributed by atoms with van der Waals surface area (Å²) >= 11 is 0. The van der Waals surface area contributed by atoms with Gasteiger partial charge in [0.15, 0.2) is 0 Å². The smallest absolute Gasteiger partial charge is 0.0110 e. The third-order valence-electron chi connectivity index (χ3n) is 4.58. The third kappa shape index (κ3) is 2.78. The van der Waals surface area contributed by atoms with Gasteiger partial charge in [0.1, 0.15) is 0 Å². The Morgan fingerprint density at radius 2 is 1.88 bits per heavy atom. The minimum Gasteiger partial charge on any atom is -0.311 e. The number of fused-ring (bicyclic) bond motifs is 2. The molecule has 0 aromatic rings. The molecule has 1 N–H and O–H groups in total. The first kappa shape index (κ1) is 12.4. The molecule has 16 heavy (non-hydrogen) atoms. The fraction of sp³-hybridized carbons (Fsp3) is 1.00. The van der Waals surface area contributed by atoms with Gasteiger partial charge in [0, 0.05) is 24.2 Å². The molecule has 2 bridgehead atoms. The lowest BCUT2D eigenvalue weighted by atomic mass is 9.82. The van der Waals surface area contributed by atoms with Crippen LogP contribution in [0.2, 0.25) is 0 Å². The van der Waals surface area contributed by atoms with E-state index in [1.165, 1.54) is 44.9 Å². The Morgan fingerprint density at radius 3 is 2.44 bits per heavy atom. The molecule has 2 fully saturated rings. The Morgan fingerprint density at radius 1 is 1.25 bits per heavy atom. The molecule has 0 aromatic carbocycles. The van der Waals surface area contributed by atoms with Crippen LogP contribution in [0.15, 0.2) is 0 Å². The Bertz CT molecular complexity index is 203. The van der Waals surface area contributed by atoms with Crippen LogP contribution in [0.1, 0.15) is 58.8 Å². The molecular weight excluding hydrogens is 196 g/mol. The van der Waals surface area contributed by atoms with Crippen molar-refractivity contribution in [3.63, 3.8) is 0 Å². The summed E-state index contributed by atoms with van der Waals surface area (Å²) in [5.41, 5.74) is 0. The van der Waals surface area contributed by atoms with E-state index in [0.717, 1.165) is 18.1 Å². The zero-order valence-corrected chi connectivity index (χ0v) is 11.2. The van der Waals surface area contributed by atoms with Gasteiger partial charge in [-0.25, -0.2) is 0 Å². The maximum absolute atomic E-state index is 3.84. The molecule has 0 aromatic heterocycles. The van der Waals surface area contributed by atoms with Crippen LogP contribution in [0, 0.1) is 0 Å². The molecule has 0 radical (unpaired) electrons. The number of piperidine rings is 2. The summed E-state index contributed by atoms with van der Waals surface area (Å²) in [7, 11) is 2.33. The summed E-state index contributed by atoms with van der Waals surface area (Å²) in [6, 6.07) is 3.21. The van der Waals surface area contributed by atoms with E-state index < -0.39 is 0 Å². The fourth-order valence-corrected chi connectivity index (χ4v) is 3.67. The average molecular weight is 224 g/mol. The van der Waals surface area contributed by atoms with Crippen molar-refractivity contribution in [2.75, 3.05) is 7.05 Å². The zero-order chi connectivity index (χ0) is 11.5. The van der Waals surface area contributed by atoms with Gasteiger partial charge in [0.05, 0.1) is 0 Å². The minimum absolute atomic E-state index is 0.708. The van der Waals surface area contributed by atoms with Crippen LogP contribution in [-0.4, -0.2) is 36.1 Å². The van der Waals surface area contributed by atoms with Crippen LogP contribution in [0.5, 0.6) is 0 Å². The zero-order valence-electron chi connectivity index (χ0n) is 11.2. The van der Waals surface area contributed by atoms with Crippen molar-refractivity contribution in [2.45, 2.75) is 83.0 Å². The van der Waals surface area contributed by atoms with Crippen LogP contribution < -0.4 is 5.32 Å². The van der Waals surface area contributed by atoms with E-state index >= 15 is 0 Å². The topological polar surface area (TPSA) is 15.3 Å². The lowest BCUT2D eigenvalue weighted by Gasteiger charge is -2.47.